The highest BCUT2D eigenvalue weighted by Gasteiger charge is 2.66. The van der Waals surface area contributed by atoms with Crippen molar-refractivity contribution < 1.29 is 18.3 Å². The normalized spacial score (nSPS) is 21.9. The summed E-state index contributed by atoms with van der Waals surface area (Å²) in [6.07, 6.45) is 4.04. The maximum Gasteiger partial charge on any atom is 0.250 e. The van der Waals surface area contributed by atoms with E-state index >= 15 is 4.39 Å². The van der Waals surface area contributed by atoms with Gasteiger partial charge in [-0.15, -0.1) is 5.10 Å². The van der Waals surface area contributed by atoms with Crippen LogP contribution in [0.3, 0.4) is 0 Å². The van der Waals surface area contributed by atoms with Crippen molar-refractivity contribution in [3.63, 3.8) is 0 Å². The standard InChI is InChI=1S/C25H21F3N6O/c1-24(2)15-6-8-25(24,22-18(28)11-29-23(30-22)34-9-7-13(12-35)33-34)21-14(15)10-19(31-32-21)20-16(26)4-3-5-17(20)27/h3-5,7,9-11,15,35H,6,8,12H2,1-2H3/t15-,25-/m0/s1. The molecule has 0 spiro atoms. The molecule has 4 aromatic rings. The Morgan fingerprint density at radius 2 is 1.83 bits per heavy atom. The van der Waals surface area contributed by atoms with E-state index in [1.165, 1.54) is 22.9 Å². The van der Waals surface area contributed by atoms with E-state index in [9.17, 15) is 13.9 Å². The zero-order valence-electron chi connectivity index (χ0n) is 19.0. The second-order valence-corrected chi connectivity index (χ2v) is 9.62. The van der Waals surface area contributed by atoms with Crippen LogP contribution in [0.5, 0.6) is 0 Å². The predicted octanol–water partition coefficient (Wildman–Crippen LogP) is 4.23. The smallest absolute Gasteiger partial charge is 0.250 e. The van der Waals surface area contributed by atoms with Crippen molar-refractivity contribution in [1.82, 2.24) is 29.9 Å². The van der Waals surface area contributed by atoms with Gasteiger partial charge in [0, 0.05) is 6.20 Å². The summed E-state index contributed by atoms with van der Waals surface area (Å²) in [7, 11) is 0. The van der Waals surface area contributed by atoms with Crippen molar-refractivity contribution in [3.8, 4) is 17.2 Å². The molecule has 0 amide bonds. The first kappa shape index (κ1) is 21.8. The van der Waals surface area contributed by atoms with Crippen molar-refractivity contribution in [3.05, 3.63) is 82.8 Å². The lowest BCUT2D eigenvalue weighted by molar-refractivity contribution is 0.235. The Morgan fingerprint density at radius 3 is 2.54 bits per heavy atom. The summed E-state index contributed by atoms with van der Waals surface area (Å²) in [5, 5.41) is 22.2. The van der Waals surface area contributed by atoms with Crippen LogP contribution in [-0.4, -0.2) is 35.1 Å². The van der Waals surface area contributed by atoms with Crippen LogP contribution in [0.1, 0.15) is 55.3 Å². The van der Waals surface area contributed by atoms with Gasteiger partial charge >= 0.3 is 0 Å². The maximum atomic E-state index is 15.4. The van der Waals surface area contributed by atoms with Gasteiger partial charge in [0.1, 0.15) is 11.6 Å². The Labute approximate surface area is 198 Å². The van der Waals surface area contributed by atoms with Crippen LogP contribution in [0, 0.1) is 22.9 Å². The van der Waals surface area contributed by atoms with E-state index in [1.54, 1.807) is 18.3 Å². The van der Waals surface area contributed by atoms with E-state index in [0.717, 1.165) is 18.2 Å². The Balaban J connectivity index is 1.54. The first-order valence-electron chi connectivity index (χ1n) is 11.3. The molecule has 178 valence electrons. The average molecular weight is 478 g/mol. The fraction of sp³-hybridized carbons (Fsp3) is 0.320. The van der Waals surface area contributed by atoms with Crippen LogP contribution in [0.4, 0.5) is 13.2 Å². The third kappa shape index (κ3) is 2.86. The zero-order valence-corrected chi connectivity index (χ0v) is 19.0. The predicted molar refractivity (Wildman–Crippen MR) is 119 cm³/mol. The number of hydrogen-bond donors (Lipinski definition) is 1. The number of aliphatic hydroxyl groups is 1. The average Bonchev–Trinajstić information content (AvgIpc) is 3.47. The van der Waals surface area contributed by atoms with E-state index in [0.29, 0.717) is 17.8 Å². The first-order chi connectivity index (χ1) is 16.8. The minimum absolute atomic E-state index is 0.0231. The molecule has 2 aliphatic rings. The third-order valence-corrected chi connectivity index (χ3v) is 7.75. The number of nitrogens with zero attached hydrogens (tertiary/aromatic N) is 6. The van der Waals surface area contributed by atoms with Crippen molar-refractivity contribution in [2.24, 2.45) is 5.41 Å². The van der Waals surface area contributed by atoms with E-state index in [1.807, 2.05) is 13.8 Å². The lowest BCUT2D eigenvalue weighted by Gasteiger charge is -2.37. The molecule has 0 saturated heterocycles. The maximum absolute atomic E-state index is 15.4. The quantitative estimate of drug-likeness (QED) is 0.472. The van der Waals surface area contributed by atoms with E-state index in [2.05, 4.69) is 25.3 Å². The summed E-state index contributed by atoms with van der Waals surface area (Å²) in [4.78, 5) is 8.69. The van der Waals surface area contributed by atoms with Crippen LogP contribution in [-0.2, 0) is 12.0 Å². The first-order valence-corrected chi connectivity index (χ1v) is 11.3. The summed E-state index contributed by atoms with van der Waals surface area (Å²) < 4.78 is 45.7. The van der Waals surface area contributed by atoms with E-state index in [4.69, 9.17) is 0 Å². The van der Waals surface area contributed by atoms with Gasteiger partial charge < -0.3 is 5.11 Å². The monoisotopic (exact) mass is 478 g/mol. The highest BCUT2D eigenvalue weighted by molar-refractivity contribution is 5.64. The molecule has 3 heterocycles. The molecule has 6 rings (SSSR count). The van der Waals surface area contributed by atoms with Gasteiger partial charge in [-0.3, -0.25) is 0 Å². The molecule has 1 N–H and O–H groups in total. The Kier molecular flexibility index (Phi) is 4.63. The van der Waals surface area contributed by atoms with Gasteiger partial charge in [0.25, 0.3) is 5.95 Å². The summed E-state index contributed by atoms with van der Waals surface area (Å²) in [5.74, 6) is -1.86. The molecule has 1 aromatic carbocycles. The van der Waals surface area contributed by atoms with Gasteiger partial charge in [-0.25, -0.2) is 27.8 Å². The SMILES string of the molecule is CC1(C)[C@H]2CC[C@@]1(c1nc(-n3ccc(CO)n3)ncc1F)c1nnc(-c3c(F)cccc3F)cc12. The number of rotatable bonds is 4. The largest absolute Gasteiger partial charge is 0.390 e. The summed E-state index contributed by atoms with van der Waals surface area (Å²) in [6.45, 7) is 3.83. The fourth-order valence-electron chi connectivity index (χ4n) is 6.04. The second-order valence-electron chi connectivity index (χ2n) is 9.62. The molecule has 1 fully saturated rings. The Bertz CT molecular complexity index is 1470. The van der Waals surface area contributed by atoms with Crippen LogP contribution < -0.4 is 0 Å². The fourth-order valence-corrected chi connectivity index (χ4v) is 6.04. The summed E-state index contributed by atoms with van der Waals surface area (Å²) in [5.41, 5.74) is 0.470. The van der Waals surface area contributed by atoms with Crippen molar-refractivity contribution in [2.75, 3.05) is 0 Å². The van der Waals surface area contributed by atoms with Gasteiger partial charge in [-0.1, -0.05) is 19.9 Å². The topological polar surface area (TPSA) is 89.6 Å². The molecule has 2 aliphatic carbocycles. The minimum Gasteiger partial charge on any atom is -0.390 e. The minimum atomic E-state index is -0.902. The van der Waals surface area contributed by atoms with Gasteiger partial charge in [0.05, 0.1) is 46.6 Å². The number of aliphatic hydroxyl groups excluding tert-OH is 1. The Hall–Kier alpha value is -3.66. The van der Waals surface area contributed by atoms with Crippen LogP contribution >= 0.6 is 0 Å². The molecular formula is C25H21F3N6O. The number of halogens is 3. The number of hydrogen-bond acceptors (Lipinski definition) is 6. The zero-order chi connectivity index (χ0) is 24.5. The lowest BCUT2D eigenvalue weighted by atomic mass is 9.66. The molecule has 0 aliphatic heterocycles. The lowest BCUT2D eigenvalue weighted by Crippen LogP contribution is -2.39. The van der Waals surface area contributed by atoms with Crippen LogP contribution in [0.2, 0.25) is 0 Å². The molecule has 2 bridgehead atoms. The number of fused-ring (bicyclic) bond motifs is 5. The molecule has 1 saturated carbocycles. The molecule has 3 aromatic heterocycles. The van der Waals surface area contributed by atoms with Crippen molar-refractivity contribution in [2.45, 2.75) is 44.6 Å². The van der Waals surface area contributed by atoms with Gasteiger partial charge in [-0.2, -0.15) is 10.2 Å². The number of benzene rings is 1. The van der Waals surface area contributed by atoms with E-state index in [-0.39, 0.29) is 35.4 Å². The molecule has 2 atom stereocenters. The van der Waals surface area contributed by atoms with Crippen LogP contribution in [0.25, 0.3) is 17.2 Å². The van der Waals surface area contributed by atoms with Crippen LogP contribution in [0.15, 0.2) is 42.7 Å². The van der Waals surface area contributed by atoms with Crippen molar-refractivity contribution >= 4 is 0 Å². The van der Waals surface area contributed by atoms with E-state index < -0.39 is 28.3 Å². The summed E-state index contributed by atoms with van der Waals surface area (Å²) in [6, 6.07) is 6.96. The van der Waals surface area contributed by atoms with Gasteiger partial charge in [0.15, 0.2) is 5.82 Å². The Morgan fingerprint density at radius 1 is 1.06 bits per heavy atom. The molecule has 0 unspecified atom stereocenters. The molecular weight excluding hydrogens is 457 g/mol. The van der Waals surface area contributed by atoms with Crippen molar-refractivity contribution in [1.29, 1.82) is 0 Å². The molecule has 35 heavy (non-hydrogen) atoms. The highest BCUT2D eigenvalue weighted by Crippen LogP contribution is 2.69. The van der Waals surface area contributed by atoms with Gasteiger partial charge in [0.2, 0.25) is 0 Å². The second kappa shape index (κ2) is 7.42. The third-order valence-electron chi connectivity index (χ3n) is 7.75. The molecule has 7 nitrogen and oxygen atoms in total. The number of aromatic nitrogens is 6. The summed E-state index contributed by atoms with van der Waals surface area (Å²) >= 11 is 0. The molecule has 0 radical (unpaired) electrons. The highest BCUT2D eigenvalue weighted by atomic mass is 19.1. The molecule has 10 heteroatoms. The van der Waals surface area contributed by atoms with Gasteiger partial charge in [-0.05, 0) is 54.0 Å².